The van der Waals surface area contributed by atoms with E-state index in [1.807, 2.05) is 12.1 Å². The first-order valence-corrected chi connectivity index (χ1v) is 9.82. The van der Waals surface area contributed by atoms with Gasteiger partial charge in [-0.15, -0.1) is 0 Å². The third-order valence-electron chi connectivity index (χ3n) is 3.73. The fraction of sp³-hybridized carbons (Fsp3) is 0.278. The van der Waals surface area contributed by atoms with E-state index in [0.717, 1.165) is 16.1 Å². The average molecular weight is 382 g/mol. The standard InChI is InChI=1S/C18H20ClNO4S/c1-13-10-15(19)8-9-17(13)20(25(3,22)23)12-16(21)11-14-6-4-5-7-18(14)24-2/h4-10H,11-12H2,1-3H3. The summed E-state index contributed by atoms with van der Waals surface area (Å²) in [6.07, 6.45) is 1.17. The summed E-state index contributed by atoms with van der Waals surface area (Å²) < 4.78 is 30.7. The van der Waals surface area contributed by atoms with Crippen LogP contribution in [0.15, 0.2) is 42.5 Å². The van der Waals surface area contributed by atoms with Crippen LogP contribution < -0.4 is 9.04 Å². The lowest BCUT2D eigenvalue weighted by Crippen LogP contribution is -2.36. The second kappa shape index (κ2) is 7.89. The number of rotatable bonds is 7. The van der Waals surface area contributed by atoms with Gasteiger partial charge in [0.05, 0.1) is 25.6 Å². The molecule has 0 aliphatic heterocycles. The van der Waals surface area contributed by atoms with Gasteiger partial charge in [-0.05, 0) is 36.8 Å². The smallest absolute Gasteiger partial charge is 0.232 e. The fourth-order valence-electron chi connectivity index (χ4n) is 2.56. The van der Waals surface area contributed by atoms with Crippen molar-refractivity contribution in [3.05, 3.63) is 58.6 Å². The molecule has 0 atom stereocenters. The molecule has 5 nitrogen and oxygen atoms in total. The molecule has 0 aliphatic carbocycles. The van der Waals surface area contributed by atoms with Gasteiger partial charge in [-0.1, -0.05) is 29.8 Å². The monoisotopic (exact) mass is 381 g/mol. The van der Waals surface area contributed by atoms with Crippen LogP contribution >= 0.6 is 11.6 Å². The molecule has 0 heterocycles. The van der Waals surface area contributed by atoms with Crippen molar-refractivity contribution < 1.29 is 17.9 Å². The molecule has 0 aromatic heterocycles. The highest BCUT2D eigenvalue weighted by atomic mass is 35.5. The number of ketones is 1. The number of methoxy groups -OCH3 is 1. The summed E-state index contributed by atoms with van der Waals surface area (Å²) in [5.74, 6) is 0.369. The Kier molecular flexibility index (Phi) is 6.08. The number of aryl methyl sites for hydroxylation is 1. The first kappa shape index (κ1) is 19.3. The molecule has 0 amide bonds. The predicted molar refractivity (Wildman–Crippen MR) is 100 cm³/mol. The van der Waals surface area contributed by atoms with Crippen LogP contribution in [-0.2, 0) is 21.2 Å². The SMILES string of the molecule is COc1ccccc1CC(=O)CN(c1ccc(Cl)cc1C)S(C)(=O)=O. The van der Waals surface area contributed by atoms with E-state index in [1.165, 1.54) is 7.11 Å². The third kappa shape index (κ3) is 4.96. The first-order valence-electron chi connectivity index (χ1n) is 7.60. The van der Waals surface area contributed by atoms with Crippen molar-refractivity contribution in [3.8, 4) is 5.75 Å². The van der Waals surface area contributed by atoms with E-state index in [-0.39, 0.29) is 18.7 Å². The number of anilines is 1. The van der Waals surface area contributed by atoms with E-state index < -0.39 is 10.0 Å². The summed E-state index contributed by atoms with van der Waals surface area (Å²) in [4.78, 5) is 12.5. The molecule has 0 saturated heterocycles. The van der Waals surface area contributed by atoms with Crippen LogP contribution in [0.3, 0.4) is 0 Å². The molecule has 0 N–H and O–H groups in total. The number of Topliss-reactive ketones (excluding diaryl/α,β-unsaturated/α-hetero) is 1. The van der Waals surface area contributed by atoms with Crippen molar-refractivity contribution in [2.45, 2.75) is 13.3 Å². The first-order chi connectivity index (χ1) is 11.7. The van der Waals surface area contributed by atoms with Crippen LogP contribution in [0.5, 0.6) is 5.75 Å². The molecule has 0 fully saturated rings. The number of sulfonamides is 1. The van der Waals surface area contributed by atoms with E-state index in [1.54, 1.807) is 37.3 Å². The van der Waals surface area contributed by atoms with E-state index in [4.69, 9.17) is 16.3 Å². The highest BCUT2D eigenvalue weighted by Gasteiger charge is 2.23. The van der Waals surface area contributed by atoms with Crippen LogP contribution in [-0.4, -0.2) is 34.1 Å². The van der Waals surface area contributed by atoms with E-state index >= 15 is 0 Å². The van der Waals surface area contributed by atoms with E-state index in [0.29, 0.717) is 22.0 Å². The molecule has 7 heteroatoms. The Hall–Kier alpha value is -2.05. The van der Waals surface area contributed by atoms with Gasteiger partial charge in [-0.25, -0.2) is 8.42 Å². The van der Waals surface area contributed by atoms with Gasteiger partial charge in [0, 0.05) is 17.0 Å². The highest BCUT2D eigenvalue weighted by Crippen LogP contribution is 2.26. The Labute approximate surface area is 153 Å². The Morgan fingerprint density at radius 1 is 1.20 bits per heavy atom. The quantitative estimate of drug-likeness (QED) is 0.738. The summed E-state index contributed by atoms with van der Waals surface area (Å²) in [5.41, 5.74) is 1.85. The molecule has 2 rings (SSSR count). The van der Waals surface area contributed by atoms with Gasteiger partial charge in [0.25, 0.3) is 0 Å². The third-order valence-corrected chi connectivity index (χ3v) is 5.09. The van der Waals surface area contributed by atoms with Crippen molar-refractivity contribution in [3.63, 3.8) is 0 Å². The summed E-state index contributed by atoms with van der Waals surface area (Å²) in [6.45, 7) is 1.50. The second-order valence-electron chi connectivity index (χ2n) is 5.73. The topological polar surface area (TPSA) is 63.7 Å². The number of nitrogens with zero attached hydrogens (tertiary/aromatic N) is 1. The van der Waals surface area contributed by atoms with Gasteiger partial charge in [0.2, 0.25) is 10.0 Å². The maximum atomic E-state index is 12.5. The lowest BCUT2D eigenvalue weighted by Gasteiger charge is -2.23. The zero-order valence-electron chi connectivity index (χ0n) is 14.3. The van der Waals surface area contributed by atoms with Crippen molar-refractivity contribution in [2.75, 3.05) is 24.2 Å². The molecule has 2 aromatic rings. The van der Waals surface area contributed by atoms with Crippen molar-refractivity contribution in [1.82, 2.24) is 0 Å². The summed E-state index contributed by atoms with van der Waals surface area (Å²) in [6, 6.07) is 12.0. The molecule has 0 saturated carbocycles. The van der Waals surface area contributed by atoms with Crippen LogP contribution in [0.1, 0.15) is 11.1 Å². The summed E-state index contributed by atoms with van der Waals surface area (Å²) in [5, 5.41) is 0.509. The molecule has 0 unspecified atom stereocenters. The van der Waals surface area contributed by atoms with E-state index in [2.05, 4.69) is 0 Å². The second-order valence-corrected chi connectivity index (χ2v) is 8.07. The van der Waals surface area contributed by atoms with Gasteiger partial charge in [-0.3, -0.25) is 9.10 Å². The predicted octanol–water partition coefficient (Wildman–Crippen LogP) is 3.23. The van der Waals surface area contributed by atoms with Crippen LogP contribution in [0, 0.1) is 6.92 Å². The van der Waals surface area contributed by atoms with Crippen molar-refractivity contribution in [2.24, 2.45) is 0 Å². The van der Waals surface area contributed by atoms with Crippen LogP contribution in [0.25, 0.3) is 0 Å². The number of hydrogen-bond acceptors (Lipinski definition) is 4. The number of hydrogen-bond donors (Lipinski definition) is 0. The number of carbonyl (C=O) groups excluding carboxylic acids is 1. The Balaban J connectivity index is 2.27. The molecule has 0 spiro atoms. The number of ether oxygens (including phenoxy) is 1. The Bertz CT molecular complexity index is 880. The average Bonchev–Trinajstić information content (AvgIpc) is 2.53. The molecular formula is C18H20ClNO4S. The van der Waals surface area contributed by atoms with Gasteiger partial charge in [0.15, 0.2) is 5.78 Å². The number of halogens is 1. The normalized spacial score (nSPS) is 11.2. The number of benzene rings is 2. The number of para-hydroxylation sites is 1. The van der Waals surface area contributed by atoms with E-state index in [9.17, 15) is 13.2 Å². The molecule has 0 aliphatic rings. The lowest BCUT2D eigenvalue weighted by atomic mass is 10.1. The highest BCUT2D eigenvalue weighted by molar-refractivity contribution is 7.92. The number of carbonyl (C=O) groups is 1. The minimum Gasteiger partial charge on any atom is -0.496 e. The molecule has 0 bridgehead atoms. The maximum Gasteiger partial charge on any atom is 0.232 e. The van der Waals surface area contributed by atoms with Crippen molar-refractivity contribution >= 4 is 33.1 Å². The largest absolute Gasteiger partial charge is 0.496 e. The van der Waals surface area contributed by atoms with Gasteiger partial charge in [-0.2, -0.15) is 0 Å². The van der Waals surface area contributed by atoms with Gasteiger partial charge >= 0.3 is 0 Å². The van der Waals surface area contributed by atoms with Gasteiger partial charge < -0.3 is 4.74 Å². The molecule has 25 heavy (non-hydrogen) atoms. The minimum atomic E-state index is -3.62. The lowest BCUT2D eigenvalue weighted by molar-refractivity contribution is -0.117. The Morgan fingerprint density at radius 2 is 1.88 bits per heavy atom. The molecule has 0 radical (unpaired) electrons. The summed E-state index contributed by atoms with van der Waals surface area (Å²) >= 11 is 5.93. The van der Waals surface area contributed by atoms with Crippen LogP contribution in [0.4, 0.5) is 5.69 Å². The molecule has 2 aromatic carbocycles. The zero-order chi connectivity index (χ0) is 18.6. The van der Waals surface area contributed by atoms with Gasteiger partial charge in [0.1, 0.15) is 5.75 Å². The Morgan fingerprint density at radius 3 is 2.48 bits per heavy atom. The van der Waals surface area contributed by atoms with Crippen molar-refractivity contribution in [1.29, 1.82) is 0 Å². The van der Waals surface area contributed by atoms with Crippen LogP contribution in [0.2, 0.25) is 5.02 Å². The maximum absolute atomic E-state index is 12.5. The summed E-state index contributed by atoms with van der Waals surface area (Å²) in [7, 11) is -2.09. The zero-order valence-corrected chi connectivity index (χ0v) is 15.9. The molecular weight excluding hydrogens is 362 g/mol. The fourth-order valence-corrected chi connectivity index (χ4v) is 3.72. The minimum absolute atomic E-state index is 0.0860. The molecule has 134 valence electrons.